The standard InChI is InChI=1S/C20H24N2O2.ClH/c1-24-18-12-6-5-11-17(18)19(15-8-3-2-4-9-15)22-20(23)16-10-7-13-21-14-16;/h2-6,8-9,11-12,16,19,21H,7,10,13-14H2,1H3,(H,22,23);1H. The highest BCUT2D eigenvalue weighted by molar-refractivity contribution is 5.85. The Morgan fingerprint density at radius 1 is 1.16 bits per heavy atom. The molecule has 3 rings (SSSR count). The molecule has 2 unspecified atom stereocenters. The summed E-state index contributed by atoms with van der Waals surface area (Å²) < 4.78 is 5.51. The van der Waals surface area contributed by atoms with Crippen LogP contribution < -0.4 is 15.4 Å². The van der Waals surface area contributed by atoms with Crippen molar-refractivity contribution in [2.45, 2.75) is 18.9 Å². The summed E-state index contributed by atoms with van der Waals surface area (Å²) in [7, 11) is 1.66. The number of carbonyl (C=O) groups is 1. The smallest absolute Gasteiger partial charge is 0.225 e. The predicted octanol–water partition coefficient (Wildman–Crippen LogP) is 3.32. The lowest BCUT2D eigenvalue weighted by atomic mass is 9.94. The number of halogens is 1. The van der Waals surface area contributed by atoms with E-state index < -0.39 is 0 Å². The second-order valence-electron chi connectivity index (χ2n) is 6.14. The molecule has 2 N–H and O–H groups in total. The molecule has 1 aliphatic heterocycles. The number of hydrogen-bond acceptors (Lipinski definition) is 3. The van der Waals surface area contributed by atoms with E-state index in [1.165, 1.54) is 0 Å². The number of piperidine rings is 1. The Bertz CT molecular complexity index is 672. The van der Waals surface area contributed by atoms with Gasteiger partial charge in [-0.3, -0.25) is 4.79 Å². The van der Waals surface area contributed by atoms with Crippen LogP contribution in [-0.4, -0.2) is 26.1 Å². The normalized spacial score (nSPS) is 17.9. The van der Waals surface area contributed by atoms with Gasteiger partial charge in [0.2, 0.25) is 5.91 Å². The molecule has 2 aromatic rings. The molecule has 0 bridgehead atoms. The van der Waals surface area contributed by atoms with Crippen molar-refractivity contribution < 1.29 is 9.53 Å². The van der Waals surface area contributed by atoms with Crippen LogP contribution in [-0.2, 0) is 4.79 Å². The minimum absolute atomic E-state index is 0. The van der Waals surface area contributed by atoms with E-state index in [0.717, 1.165) is 42.8 Å². The summed E-state index contributed by atoms with van der Waals surface area (Å²) in [4.78, 5) is 12.8. The summed E-state index contributed by atoms with van der Waals surface area (Å²) in [6, 6.07) is 17.7. The van der Waals surface area contributed by atoms with Crippen molar-refractivity contribution in [1.29, 1.82) is 0 Å². The molecular weight excluding hydrogens is 336 g/mol. The summed E-state index contributed by atoms with van der Waals surface area (Å²) in [6.45, 7) is 1.75. The summed E-state index contributed by atoms with van der Waals surface area (Å²) >= 11 is 0. The largest absolute Gasteiger partial charge is 0.496 e. The summed E-state index contributed by atoms with van der Waals surface area (Å²) in [6.07, 6.45) is 1.98. The quantitative estimate of drug-likeness (QED) is 0.860. The Morgan fingerprint density at radius 3 is 2.56 bits per heavy atom. The Hall–Kier alpha value is -2.04. The maximum absolute atomic E-state index is 12.8. The van der Waals surface area contributed by atoms with Crippen molar-refractivity contribution in [1.82, 2.24) is 10.6 Å². The number of para-hydroxylation sites is 1. The highest BCUT2D eigenvalue weighted by Gasteiger charge is 2.26. The van der Waals surface area contributed by atoms with Crippen molar-refractivity contribution in [2.24, 2.45) is 5.92 Å². The SMILES string of the molecule is COc1ccccc1C(NC(=O)C1CCCNC1)c1ccccc1.Cl. The molecule has 5 heteroatoms. The third-order valence-corrected chi connectivity index (χ3v) is 4.54. The molecule has 2 atom stereocenters. The van der Waals surface area contributed by atoms with E-state index in [4.69, 9.17) is 4.74 Å². The van der Waals surface area contributed by atoms with Crippen LogP contribution in [0.3, 0.4) is 0 Å². The minimum Gasteiger partial charge on any atom is -0.496 e. The lowest BCUT2D eigenvalue weighted by Crippen LogP contribution is -2.42. The fourth-order valence-electron chi connectivity index (χ4n) is 3.23. The number of methoxy groups -OCH3 is 1. The fraction of sp³-hybridized carbons (Fsp3) is 0.350. The number of ether oxygens (including phenoxy) is 1. The van der Waals surface area contributed by atoms with Crippen LogP contribution in [0.4, 0.5) is 0 Å². The van der Waals surface area contributed by atoms with Gasteiger partial charge in [0.05, 0.1) is 19.1 Å². The Labute approximate surface area is 155 Å². The van der Waals surface area contributed by atoms with Gasteiger partial charge in [-0.1, -0.05) is 48.5 Å². The first-order chi connectivity index (χ1) is 11.8. The van der Waals surface area contributed by atoms with Crippen LogP contribution in [0, 0.1) is 5.92 Å². The van der Waals surface area contributed by atoms with Crippen molar-refractivity contribution in [3.05, 3.63) is 65.7 Å². The third-order valence-electron chi connectivity index (χ3n) is 4.54. The number of benzene rings is 2. The van der Waals surface area contributed by atoms with E-state index in [1.54, 1.807) is 7.11 Å². The molecule has 1 heterocycles. The summed E-state index contributed by atoms with van der Waals surface area (Å²) in [5.41, 5.74) is 2.03. The summed E-state index contributed by atoms with van der Waals surface area (Å²) in [5.74, 6) is 0.912. The average Bonchev–Trinajstić information content (AvgIpc) is 2.67. The Balaban J connectivity index is 0.00000225. The first kappa shape index (κ1) is 19.3. The minimum atomic E-state index is -0.211. The molecule has 0 spiro atoms. The first-order valence-corrected chi connectivity index (χ1v) is 8.48. The van der Waals surface area contributed by atoms with Crippen molar-refractivity contribution in [2.75, 3.05) is 20.2 Å². The number of carbonyl (C=O) groups excluding carboxylic acids is 1. The third kappa shape index (κ3) is 4.74. The molecule has 1 amide bonds. The van der Waals surface area contributed by atoms with Crippen molar-refractivity contribution >= 4 is 18.3 Å². The highest BCUT2D eigenvalue weighted by Crippen LogP contribution is 2.30. The summed E-state index contributed by atoms with van der Waals surface area (Å²) in [5, 5.41) is 6.54. The van der Waals surface area contributed by atoms with Crippen LogP contribution in [0.25, 0.3) is 0 Å². The Kier molecular flexibility index (Phi) is 7.29. The zero-order valence-corrected chi connectivity index (χ0v) is 15.2. The van der Waals surface area contributed by atoms with Gasteiger partial charge in [0.15, 0.2) is 0 Å². The molecule has 4 nitrogen and oxygen atoms in total. The van der Waals surface area contributed by atoms with Gasteiger partial charge >= 0.3 is 0 Å². The molecule has 0 saturated carbocycles. The molecular formula is C20H25ClN2O2. The van der Waals surface area contributed by atoms with Crippen LogP contribution in [0.15, 0.2) is 54.6 Å². The van der Waals surface area contributed by atoms with Crippen molar-refractivity contribution in [3.8, 4) is 5.75 Å². The lowest BCUT2D eigenvalue weighted by Gasteiger charge is -2.27. The topological polar surface area (TPSA) is 50.4 Å². The van der Waals surface area contributed by atoms with Gasteiger partial charge < -0.3 is 15.4 Å². The predicted molar refractivity (Wildman–Crippen MR) is 102 cm³/mol. The van der Waals surface area contributed by atoms with Crippen LogP contribution in [0.1, 0.15) is 30.0 Å². The van der Waals surface area contributed by atoms with Crippen LogP contribution in [0.5, 0.6) is 5.75 Å². The average molecular weight is 361 g/mol. The van der Waals surface area contributed by atoms with E-state index in [0.29, 0.717) is 0 Å². The van der Waals surface area contributed by atoms with Gasteiger partial charge in [-0.2, -0.15) is 0 Å². The van der Waals surface area contributed by atoms with E-state index in [1.807, 2.05) is 54.6 Å². The molecule has 1 aliphatic rings. The van der Waals surface area contributed by atoms with E-state index in [2.05, 4.69) is 10.6 Å². The van der Waals surface area contributed by atoms with Gasteiger partial charge in [-0.25, -0.2) is 0 Å². The van der Waals surface area contributed by atoms with Crippen LogP contribution in [0.2, 0.25) is 0 Å². The first-order valence-electron chi connectivity index (χ1n) is 8.48. The van der Waals surface area contributed by atoms with Crippen molar-refractivity contribution in [3.63, 3.8) is 0 Å². The zero-order valence-electron chi connectivity index (χ0n) is 14.4. The highest BCUT2D eigenvalue weighted by atomic mass is 35.5. The molecule has 1 saturated heterocycles. The number of nitrogens with one attached hydrogen (secondary N) is 2. The van der Waals surface area contributed by atoms with Gasteiger partial charge in [-0.05, 0) is 31.0 Å². The van der Waals surface area contributed by atoms with E-state index in [9.17, 15) is 4.79 Å². The number of rotatable bonds is 5. The molecule has 0 aliphatic carbocycles. The maximum Gasteiger partial charge on any atom is 0.225 e. The van der Waals surface area contributed by atoms with Gasteiger partial charge in [0.25, 0.3) is 0 Å². The van der Waals surface area contributed by atoms with Gasteiger partial charge in [-0.15, -0.1) is 12.4 Å². The molecule has 134 valence electrons. The monoisotopic (exact) mass is 360 g/mol. The second kappa shape index (κ2) is 9.44. The van der Waals surface area contributed by atoms with Crippen LogP contribution >= 0.6 is 12.4 Å². The van der Waals surface area contributed by atoms with Gasteiger partial charge in [0.1, 0.15) is 5.75 Å². The fourth-order valence-corrected chi connectivity index (χ4v) is 3.23. The Morgan fingerprint density at radius 2 is 1.88 bits per heavy atom. The molecule has 0 aromatic heterocycles. The lowest BCUT2D eigenvalue weighted by molar-refractivity contribution is -0.126. The molecule has 1 fully saturated rings. The second-order valence-corrected chi connectivity index (χ2v) is 6.14. The maximum atomic E-state index is 12.8. The number of hydrogen-bond donors (Lipinski definition) is 2. The van der Waals surface area contributed by atoms with E-state index in [-0.39, 0.29) is 30.3 Å². The molecule has 0 radical (unpaired) electrons. The molecule has 2 aromatic carbocycles. The van der Waals surface area contributed by atoms with Gasteiger partial charge in [0, 0.05) is 12.1 Å². The number of amides is 1. The zero-order chi connectivity index (χ0) is 16.8. The van der Waals surface area contributed by atoms with E-state index >= 15 is 0 Å². The molecule has 25 heavy (non-hydrogen) atoms.